The van der Waals surface area contributed by atoms with Crippen molar-refractivity contribution in [3.63, 3.8) is 0 Å². The summed E-state index contributed by atoms with van der Waals surface area (Å²) in [5.74, 6) is 0.435. The van der Waals surface area contributed by atoms with Gasteiger partial charge in [-0.05, 0) is 36.1 Å². The summed E-state index contributed by atoms with van der Waals surface area (Å²) in [7, 11) is 0. The number of benzene rings is 1. The van der Waals surface area contributed by atoms with Crippen molar-refractivity contribution in [3.8, 4) is 0 Å². The Balaban J connectivity index is 1.79. The van der Waals surface area contributed by atoms with Crippen LogP contribution in [-0.2, 0) is 11.3 Å². The summed E-state index contributed by atoms with van der Waals surface area (Å²) < 4.78 is 0. The SMILES string of the molecule is C/C(=N\N=C1/SCC(=O)N1Cc1cccc(Cl)c1)c1cccs1. The summed E-state index contributed by atoms with van der Waals surface area (Å²) in [6.07, 6.45) is 0. The number of thiophene rings is 1. The number of hydrogen-bond donors (Lipinski definition) is 0. The predicted molar refractivity (Wildman–Crippen MR) is 98.4 cm³/mol. The highest BCUT2D eigenvalue weighted by Crippen LogP contribution is 2.23. The second-order valence-corrected chi connectivity index (χ2v) is 7.27. The highest BCUT2D eigenvalue weighted by Gasteiger charge is 2.28. The van der Waals surface area contributed by atoms with Crippen LogP contribution < -0.4 is 0 Å². The summed E-state index contributed by atoms with van der Waals surface area (Å²) >= 11 is 9.03. The van der Waals surface area contributed by atoms with E-state index in [0.717, 1.165) is 16.2 Å². The van der Waals surface area contributed by atoms with Gasteiger partial charge in [0.1, 0.15) is 0 Å². The Labute approximate surface area is 147 Å². The Morgan fingerprint density at radius 1 is 1.35 bits per heavy atom. The lowest BCUT2D eigenvalue weighted by molar-refractivity contribution is -0.124. The summed E-state index contributed by atoms with van der Waals surface area (Å²) in [5, 5.41) is 11.8. The normalized spacial score (nSPS) is 17.3. The second-order valence-electron chi connectivity index (χ2n) is 4.94. The molecule has 2 aromatic rings. The third-order valence-electron chi connectivity index (χ3n) is 3.25. The van der Waals surface area contributed by atoms with Crippen LogP contribution in [0.25, 0.3) is 0 Å². The summed E-state index contributed by atoms with van der Waals surface area (Å²) in [4.78, 5) is 14.8. The average Bonchev–Trinajstić information content (AvgIpc) is 3.17. The standard InChI is InChI=1S/C16H14ClN3OS2/c1-11(14-6-3-7-22-14)18-19-16-20(15(21)10-23-16)9-12-4-2-5-13(17)8-12/h2-8H,9-10H2,1H3/b18-11+,19-16-. The van der Waals surface area contributed by atoms with Crippen LogP contribution in [0.3, 0.4) is 0 Å². The van der Waals surface area contributed by atoms with Gasteiger partial charge < -0.3 is 0 Å². The molecule has 1 aromatic heterocycles. The summed E-state index contributed by atoms with van der Waals surface area (Å²) in [6.45, 7) is 2.37. The highest BCUT2D eigenvalue weighted by atomic mass is 35.5. The minimum atomic E-state index is 0.0395. The molecule has 0 aliphatic carbocycles. The Morgan fingerprint density at radius 3 is 2.96 bits per heavy atom. The molecule has 7 heteroatoms. The van der Waals surface area contributed by atoms with E-state index in [4.69, 9.17) is 11.6 Å². The lowest BCUT2D eigenvalue weighted by atomic mass is 10.2. The average molecular weight is 364 g/mol. The van der Waals surface area contributed by atoms with Crippen LogP contribution in [0.2, 0.25) is 5.02 Å². The maximum Gasteiger partial charge on any atom is 0.239 e. The number of carbonyl (C=O) groups is 1. The highest BCUT2D eigenvalue weighted by molar-refractivity contribution is 8.15. The Kier molecular flexibility index (Phi) is 5.15. The largest absolute Gasteiger partial charge is 0.285 e. The Hall–Kier alpha value is -1.63. The van der Waals surface area contributed by atoms with E-state index in [9.17, 15) is 4.79 Å². The van der Waals surface area contributed by atoms with Crippen molar-refractivity contribution in [3.05, 3.63) is 57.2 Å². The molecule has 3 rings (SSSR count). The van der Waals surface area contributed by atoms with E-state index in [1.807, 2.05) is 48.7 Å². The van der Waals surface area contributed by atoms with Crippen LogP contribution in [0.1, 0.15) is 17.4 Å². The molecule has 1 amide bonds. The van der Waals surface area contributed by atoms with Gasteiger partial charge in [0.05, 0.1) is 22.9 Å². The fraction of sp³-hybridized carbons (Fsp3) is 0.188. The number of hydrogen-bond acceptors (Lipinski definition) is 5. The van der Waals surface area contributed by atoms with Gasteiger partial charge in [-0.25, -0.2) is 0 Å². The van der Waals surface area contributed by atoms with Crippen LogP contribution in [-0.4, -0.2) is 27.4 Å². The minimum Gasteiger partial charge on any atom is -0.285 e. The van der Waals surface area contributed by atoms with E-state index in [2.05, 4.69) is 10.2 Å². The van der Waals surface area contributed by atoms with E-state index < -0.39 is 0 Å². The molecule has 2 heterocycles. The molecule has 1 saturated heterocycles. The molecular formula is C16H14ClN3OS2. The molecule has 0 atom stereocenters. The zero-order chi connectivity index (χ0) is 16.2. The lowest BCUT2D eigenvalue weighted by Gasteiger charge is -2.15. The number of carbonyl (C=O) groups excluding carboxylic acids is 1. The van der Waals surface area contributed by atoms with E-state index in [1.54, 1.807) is 16.2 Å². The maximum absolute atomic E-state index is 12.1. The van der Waals surface area contributed by atoms with Gasteiger partial charge in [-0.1, -0.05) is 41.6 Å². The number of rotatable bonds is 4. The first-order chi connectivity index (χ1) is 11.1. The molecule has 118 valence electrons. The van der Waals surface area contributed by atoms with Gasteiger partial charge in [0.25, 0.3) is 0 Å². The molecule has 1 fully saturated rings. The molecule has 1 aromatic carbocycles. The van der Waals surface area contributed by atoms with Crippen molar-refractivity contribution >= 4 is 51.5 Å². The van der Waals surface area contributed by atoms with Crippen molar-refractivity contribution in [2.24, 2.45) is 10.2 Å². The third kappa shape index (κ3) is 4.02. The summed E-state index contributed by atoms with van der Waals surface area (Å²) in [5.41, 5.74) is 1.81. The maximum atomic E-state index is 12.1. The van der Waals surface area contributed by atoms with Crippen molar-refractivity contribution in [1.82, 2.24) is 4.90 Å². The van der Waals surface area contributed by atoms with Crippen molar-refractivity contribution in [2.45, 2.75) is 13.5 Å². The van der Waals surface area contributed by atoms with Gasteiger partial charge in [0, 0.05) is 5.02 Å². The molecule has 23 heavy (non-hydrogen) atoms. The van der Waals surface area contributed by atoms with Crippen LogP contribution in [0, 0.1) is 0 Å². The number of nitrogens with zero attached hydrogens (tertiary/aromatic N) is 3. The van der Waals surface area contributed by atoms with Gasteiger partial charge >= 0.3 is 0 Å². The van der Waals surface area contributed by atoms with Gasteiger partial charge in [-0.2, -0.15) is 5.10 Å². The molecule has 0 radical (unpaired) electrons. The fourth-order valence-electron chi connectivity index (χ4n) is 2.10. The number of thioether (sulfide) groups is 1. The fourth-order valence-corrected chi connectivity index (χ4v) is 3.81. The van der Waals surface area contributed by atoms with Crippen molar-refractivity contribution in [1.29, 1.82) is 0 Å². The quantitative estimate of drug-likeness (QED) is 0.602. The molecule has 1 aliphatic heterocycles. The summed E-state index contributed by atoms with van der Waals surface area (Å²) in [6, 6.07) is 11.5. The number of amidine groups is 1. The van der Waals surface area contributed by atoms with E-state index >= 15 is 0 Å². The molecule has 0 bridgehead atoms. The first-order valence-electron chi connectivity index (χ1n) is 6.97. The van der Waals surface area contributed by atoms with Gasteiger partial charge in [-0.15, -0.1) is 16.4 Å². The van der Waals surface area contributed by atoms with Crippen LogP contribution in [0.5, 0.6) is 0 Å². The zero-order valence-electron chi connectivity index (χ0n) is 12.4. The molecule has 0 saturated carbocycles. The van der Waals surface area contributed by atoms with Gasteiger partial charge in [0.2, 0.25) is 5.91 Å². The van der Waals surface area contributed by atoms with E-state index in [1.165, 1.54) is 11.8 Å². The van der Waals surface area contributed by atoms with E-state index in [-0.39, 0.29) is 5.91 Å². The Morgan fingerprint density at radius 2 is 2.22 bits per heavy atom. The molecule has 0 N–H and O–H groups in total. The van der Waals surface area contributed by atoms with E-state index in [0.29, 0.717) is 22.5 Å². The number of amides is 1. The molecule has 0 unspecified atom stereocenters. The predicted octanol–water partition coefficient (Wildman–Crippen LogP) is 4.26. The van der Waals surface area contributed by atoms with Crippen LogP contribution >= 0.6 is 34.7 Å². The molecular weight excluding hydrogens is 350 g/mol. The Bertz CT molecular complexity index is 771. The smallest absolute Gasteiger partial charge is 0.239 e. The third-order valence-corrected chi connectivity index (χ3v) is 5.41. The lowest BCUT2D eigenvalue weighted by Crippen LogP contribution is -2.28. The van der Waals surface area contributed by atoms with Gasteiger partial charge in [-0.3, -0.25) is 9.69 Å². The van der Waals surface area contributed by atoms with Crippen LogP contribution in [0.15, 0.2) is 52.0 Å². The molecule has 4 nitrogen and oxygen atoms in total. The monoisotopic (exact) mass is 363 g/mol. The number of halogens is 1. The van der Waals surface area contributed by atoms with Crippen LogP contribution in [0.4, 0.5) is 0 Å². The first kappa shape index (κ1) is 16.2. The molecule has 0 spiro atoms. The molecule has 1 aliphatic rings. The second kappa shape index (κ2) is 7.29. The van der Waals surface area contributed by atoms with Gasteiger partial charge in [0.15, 0.2) is 5.17 Å². The topological polar surface area (TPSA) is 45.0 Å². The van der Waals surface area contributed by atoms with Crippen molar-refractivity contribution in [2.75, 3.05) is 5.75 Å². The zero-order valence-corrected chi connectivity index (χ0v) is 14.8. The van der Waals surface area contributed by atoms with Crippen molar-refractivity contribution < 1.29 is 4.79 Å². The first-order valence-corrected chi connectivity index (χ1v) is 9.21. The minimum absolute atomic E-state index is 0.0395.